The number of nitrogens with zero attached hydrogens (tertiary/aromatic N) is 2. The molecule has 1 aliphatic heterocycles. The molecule has 2 aromatic rings. The SMILES string of the molecule is CC(C)(C)[Si](C)(C)OCC1CC1CN1CNn2ccc(=O)c(OCc3ccccc3)c2C1=O. The molecule has 178 valence electrons. The average molecular weight is 470 g/mol. The first-order valence-corrected chi connectivity index (χ1v) is 14.6. The van der Waals surface area contributed by atoms with Crippen LogP contribution in [0.3, 0.4) is 0 Å². The molecule has 0 spiro atoms. The number of rotatable bonds is 8. The molecule has 1 amide bonds. The maximum absolute atomic E-state index is 13.3. The molecule has 2 aliphatic rings. The number of fused-ring (bicyclic) bond motifs is 1. The lowest BCUT2D eigenvalue weighted by Gasteiger charge is -2.36. The number of carbonyl (C=O) groups is 1. The van der Waals surface area contributed by atoms with Crippen LogP contribution in [-0.4, -0.2) is 43.6 Å². The van der Waals surface area contributed by atoms with Gasteiger partial charge in [0, 0.05) is 25.4 Å². The maximum atomic E-state index is 13.3. The monoisotopic (exact) mass is 469 g/mol. The van der Waals surface area contributed by atoms with E-state index in [1.165, 1.54) is 6.07 Å². The first-order chi connectivity index (χ1) is 15.6. The minimum atomic E-state index is -1.77. The second-order valence-electron chi connectivity index (χ2n) is 10.7. The molecular formula is C25H35N3O4Si. The summed E-state index contributed by atoms with van der Waals surface area (Å²) in [5, 5.41) is 0.192. The largest absolute Gasteiger partial charge is 0.482 e. The molecular weight excluding hydrogens is 434 g/mol. The van der Waals surface area contributed by atoms with Crippen molar-refractivity contribution in [3.05, 3.63) is 64.1 Å². The van der Waals surface area contributed by atoms with Crippen molar-refractivity contribution in [2.45, 2.75) is 51.9 Å². The summed E-state index contributed by atoms with van der Waals surface area (Å²) in [5.41, 5.74) is 4.12. The Balaban J connectivity index is 1.40. The van der Waals surface area contributed by atoms with E-state index in [0.717, 1.165) is 18.6 Å². The molecule has 1 aliphatic carbocycles. The number of nitrogens with one attached hydrogen (secondary N) is 1. The van der Waals surface area contributed by atoms with Gasteiger partial charge in [-0.05, 0) is 42.0 Å². The van der Waals surface area contributed by atoms with E-state index in [-0.39, 0.29) is 34.4 Å². The Kier molecular flexibility index (Phi) is 6.42. The molecule has 8 heteroatoms. The van der Waals surface area contributed by atoms with E-state index in [9.17, 15) is 9.59 Å². The number of benzene rings is 1. The van der Waals surface area contributed by atoms with Crippen LogP contribution >= 0.6 is 0 Å². The predicted octanol–water partition coefficient (Wildman–Crippen LogP) is 4.04. The normalized spacial score (nSPS) is 20.3. The van der Waals surface area contributed by atoms with Gasteiger partial charge in [0.2, 0.25) is 5.43 Å². The summed E-state index contributed by atoms with van der Waals surface area (Å²) in [7, 11) is -1.77. The molecule has 1 fully saturated rings. The highest BCUT2D eigenvalue weighted by Gasteiger charge is 2.44. The molecule has 0 bridgehead atoms. The number of hydrogen-bond donors (Lipinski definition) is 1. The van der Waals surface area contributed by atoms with Gasteiger partial charge in [-0.1, -0.05) is 51.1 Å². The first kappa shape index (κ1) is 23.6. The van der Waals surface area contributed by atoms with E-state index >= 15 is 0 Å². The highest BCUT2D eigenvalue weighted by atomic mass is 28.4. The summed E-state index contributed by atoms with van der Waals surface area (Å²) in [6, 6.07) is 11.0. The zero-order valence-electron chi connectivity index (χ0n) is 20.3. The maximum Gasteiger partial charge on any atom is 0.277 e. The first-order valence-electron chi connectivity index (χ1n) is 11.7. The second-order valence-corrected chi connectivity index (χ2v) is 15.5. The minimum absolute atomic E-state index is 0.0946. The molecule has 2 atom stereocenters. The summed E-state index contributed by atoms with van der Waals surface area (Å²) < 4.78 is 13.8. The Bertz CT molecular complexity index is 1060. The fourth-order valence-corrected chi connectivity index (χ4v) is 4.87. The molecule has 4 rings (SSSR count). The standard InChI is InChI=1S/C25H35N3O4Si/c1-25(2,3)33(4,5)32-16-20-13-19(20)14-27-17-26-28-12-11-21(29)23(22(28)24(27)30)31-15-18-9-7-6-8-10-18/h6-12,19-20,26H,13-17H2,1-5H3. The van der Waals surface area contributed by atoms with Crippen LogP contribution in [0.2, 0.25) is 18.1 Å². The van der Waals surface area contributed by atoms with Crippen molar-refractivity contribution < 1.29 is 14.0 Å². The van der Waals surface area contributed by atoms with Gasteiger partial charge in [0.05, 0.1) is 0 Å². The smallest absolute Gasteiger partial charge is 0.277 e. The minimum Gasteiger partial charge on any atom is -0.482 e. The zero-order valence-corrected chi connectivity index (χ0v) is 21.3. The van der Waals surface area contributed by atoms with Gasteiger partial charge in [0.25, 0.3) is 5.91 Å². The van der Waals surface area contributed by atoms with Crippen LogP contribution in [0.4, 0.5) is 0 Å². The molecule has 33 heavy (non-hydrogen) atoms. The Morgan fingerprint density at radius 2 is 1.82 bits per heavy atom. The van der Waals surface area contributed by atoms with Crippen LogP contribution in [0.15, 0.2) is 47.4 Å². The van der Waals surface area contributed by atoms with Gasteiger partial charge < -0.3 is 19.5 Å². The summed E-state index contributed by atoms with van der Waals surface area (Å²) in [6.45, 7) is 13.3. The molecule has 2 unspecified atom stereocenters. The fourth-order valence-electron chi connectivity index (χ4n) is 3.80. The van der Waals surface area contributed by atoms with Gasteiger partial charge >= 0.3 is 0 Å². The summed E-state index contributed by atoms with van der Waals surface area (Å²) in [4.78, 5) is 27.7. The average Bonchev–Trinajstić information content (AvgIpc) is 3.51. The molecule has 1 aromatic carbocycles. The van der Waals surface area contributed by atoms with E-state index in [4.69, 9.17) is 9.16 Å². The van der Waals surface area contributed by atoms with Gasteiger partial charge in [-0.15, -0.1) is 0 Å². The van der Waals surface area contributed by atoms with Crippen molar-refractivity contribution in [2.24, 2.45) is 11.8 Å². The van der Waals surface area contributed by atoms with E-state index in [1.807, 2.05) is 30.3 Å². The summed E-state index contributed by atoms with van der Waals surface area (Å²) in [6.07, 6.45) is 2.66. The van der Waals surface area contributed by atoms with Crippen LogP contribution in [0.25, 0.3) is 0 Å². The van der Waals surface area contributed by atoms with Crippen LogP contribution < -0.4 is 15.6 Å². The Hall–Kier alpha value is -2.58. The molecule has 1 aromatic heterocycles. The number of pyridine rings is 1. The van der Waals surface area contributed by atoms with Gasteiger partial charge in [0.1, 0.15) is 13.3 Å². The topological polar surface area (TPSA) is 72.8 Å². The zero-order chi connectivity index (χ0) is 23.8. The van der Waals surface area contributed by atoms with E-state index in [2.05, 4.69) is 39.3 Å². The highest BCUT2D eigenvalue weighted by molar-refractivity contribution is 6.74. The van der Waals surface area contributed by atoms with E-state index < -0.39 is 8.32 Å². The lowest BCUT2D eigenvalue weighted by Crippen LogP contribution is -2.47. The third-order valence-electron chi connectivity index (χ3n) is 7.19. The van der Waals surface area contributed by atoms with E-state index in [1.54, 1.807) is 15.8 Å². The van der Waals surface area contributed by atoms with Gasteiger partial charge in [-0.25, -0.2) is 0 Å². The lowest BCUT2D eigenvalue weighted by molar-refractivity contribution is 0.0706. The fraction of sp³-hybridized carbons (Fsp3) is 0.520. The number of carbonyl (C=O) groups excluding carboxylic acids is 1. The van der Waals surface area contributed by atoms with Crippen molar-refractivity contribution in [1.29, 1.82) is 0 Å². The van der Waals surface area contributed by atoms with Crippen LogP contribution in [0, 0.1) is 11.8 Å². The Morgan fingerprint density at radius 1 is 1.09 bits per heavy atom. The van der Waals surface area contributed by atoms with Gasteiger partial charge in [0.15, 0.2) is 19.8 Å². The lowest BCUT2D eigenvalue weighted by atomic mass is 10.2. The van der Waals surface area contributed by atoms with Crippen LogP contribution in [0.1, 0.15) is 43.2 Å². The van der Waals surface area contributed by atoms with Crippen LogP contribution in [0.5, 0.6) is 5.75 Å². The van der Waals surface area contributed by atoms with Crippen molar-refractivity contribution >= 4 is 14.2 Å². The van der Waals surface area contributed by atoms with Crippen LogP contribution in [-0.2, 0) is 11.0 Å². The molecule has 0 saturated heterocycles. The second kappa shape index (κ2) is 8.99. The number of amides is 1. The van der Waals surface area contributed by atoms with Gasteiger partial charge in [-0.2, -0.15) is 0 Å². The Labute approximate surface area is 196 Å². The van der Waals surface area contributed by atoms with Crippen molar-refractivity contribution in [3.8, 4) is 5.75 Å². The van der Waals surface area contributed by atoms with Crippen molar-refractivity contribution in [1.82, 2.24) is 9.58 Å². The third kappa shape index (κ3) is 5.17. The predicted molar refractivity (Wildman–Crippen MR) is 131 cm³/mol. The number of ether oxygens (including phenoxy) is 1. The molecule has 0 radical (unpaired) electrons. The summed E-state index contributed by atoms with van der Waals surface area (Å²) >= 11 is 0. The molecule has 1 saturated carbocycles. The van der Waals surface area contributed by atoms with Gasteiger partial charge in [-0.3, -0.25) is 14.3 Å². The Morgan fingerprint density at radius 3 is 2.52 bits per heavy atom. The number of aromatic nitrogens is 1. The highest BCUT2D eigenvalue weighted by Crippen LogP contribution is 2.43. The van der Waals surface area contributed by atoms with Crippen molar-refractivity contribution in [2.75, 3.05) is 25.2 Å². The van der Waals surface area contributed by atoms with Crippen molar-refractivity contribution in [3.63, 3.8) is 0 Å². The quantitative estimate of drug-likeness (QED) is 0.591. The summed E-state index contributed by atoms with van der Waals surface area (Å²) in [5.74, 6) is 0.833. The van der Waals surface area contributed by atoms with E-state index in [0.29, 0.717) is 25.0 Å². The molecule has 1 N–H and O–H groups in total. The molecule has 2 heterocycles. The molecule has 7 nitrogen and oxygen atoms in total. The number of hydrogen-bond acceptors (Lipinski definition) is 5. The third-order valence-corrected chi connectivity index (χ3v) is 11.7.